The Labute approximate surface area is 126 Å². The van der Waals surface area contributed by atoms with Crippen molar-refractivity contribution in [1.29, 1.82) is 0 Å². The van der Waals surface area contributed by atoms with Gasteiger partial charge in [-0.15, -0.1) is 0 Å². The van der Waals surface area contributed by atoms with Gasteiger partial charge in [-0.25, -0.2) is 14.0 Å². The van der Waals surface area contributed by atoms with Gasteiger partial charge in [-0.3, -0.25) is 4.90 Å². The van der Waals surface area contributed by atoms with Crippen LogP contribution >= 0.6 is 11.6 Å². The van der Waals surface area contributed by atoms with Gasteiger partial charge in [-0.05, 0) is 38.5 Å². The second-order valence-electron chi connectivity index (χ2n) is 5.79. The van der Waals surface area contributed by atoms with Gasteiger partial charge in [0, 0.05) is 11.4 Å². The molecule has 1 aliphatic heterocycles. The number of rotatable bonds is 1. The number of carbonyl (C=O) groups excluding carboxylic acids is 1. The maximum atomic E-state index is 13.5. The summed E-state index contributed by atoms with van der Waals surface area (Å²) in [7, 11) is 0. The zero-order valence-electron chi connectivity index (χ0n) is 11.8. The smallest absolute Gasteiger partial charge is 0.415 e. The number of halogens is 2. The van der Waals surface area contributed by atoms with Crippen LogP contribution in [0.5, 0.6) is 0 Å². The number of carboxylic acids is 1. The highest BCUT2D eigenvalue weighted by Gasteiger charge is 2.41. The number of benzene rings is 1. The molecule has 114 valence electrons. The molecule has 1 atom stereocenters. The molecule has 0 spiro atoms. The fraction of sp³-hybridized carbons (Fsp3) is 0.429. The highest BCUT2D eigenvalue weighted by Crippen LogP contribution is 2.38. The Morgan fingerprint density at radius 2 is 2.05 bits per heavy atom. The predicted octanol–water partition coefficient (Wildman–Crippen LogP) is 3.23. The molecule has 0 bridgehead atoms. The Balaban J connectivity index is 2.47. The van der Waals surface area contributed by atoms with Crippen molar-refractivity contribution in [3.05, 3.63) is 28.5 Å². The number of hydrogen-bond donors (Lipinski definition) is 1. The van der Waals surface area contributed by atoms with Gasteiger partial charge < -0.3 is 9.84 Å². The normalized spacial score (nSPS) is 17.6. The van der Waals surface area contributed by atoms with Crippen molar-refractivity contribution in [2.75, 3.05) is 4.90 Å². The molecule has 1 N–H and O–H groups in total. The van der Waals surface area contributed by atoms with Crippen molar-refractivity contribution in [3.63, 3.8) is 0 Å². The van der Waals surface area contributed by atoms with E-state index in [2.05, 4.69) is 0 Å². The molecule has 0 radical (unpaired) electrons. The minimum Gasteiger partial charge on any atom is -0.480 e. The molecule has 1 aromatic rings. The maximum absolute atomic E-state index is 13.5. The van der Waals surface area contributed by atoms with E-state index in [1.54, 1.807) is 20.8 Å². The summed E-state index contributed by atoms with van der Waals surface area (Å²) >= 11 is 5.94. The fourth-order valence-electron chi connectivity index (χ4n) is 2.19. The second kappa shape index (κ2) is 5.18. The largest absolute Gasteiger partial charge is 0.480 e. The molecule has 0 aliphatic carbocycles. The average Bonchev–Trinajstić information content (AvgIpc) is 2.66. The van der Waals surface area contributed by atoms with Gasteiger partial charge in [0.2, 0.25) is 0 Å². The first kappa shape index (κ1) is 15.6. The van der Waals surface area contributed by atoms with Crippen LogP contribution in [0.2, 0.25) is 5.02 Å². The van der Waals surface area contributed by atoms with Crippen LogP contribution in [0.4, 0.5) is 14.9 Å². The lowest BCUT2D eigenvalue weighted by atomic mass is 10.1. The van der Waals surface area contributed by atoms with Crippen molar-refractivity contribution in [3.8, 4) is 0 Å². The van der Waals surface area contributed by atoms with E-state index in [0.29, 0.717) is 5.56 Å². The minimum absolute atomic E-state index is 0.0169. The molecule has 0 saturated heterocycles. The summed E-state index contributed by atoms with van der Waals surface area (Å²) in [6, 6.07) is 1.03. The number of amides is 1. The van der Waals surface area contributed by atoms with E-state index in [4.69, 9.17) is 16.3 Å². The van der Waals surface area contributed by atoms with Crippen molar-refractivity contribution < 1.29 is 23.8 Å². The van der Waals surface area contributed by atoms with Gasteiger partial charge in [0.15, 0.2) is 0 Å². The molecular weight excluding hydrogens is 301 g/mol. The van der Waals surface area contributed by atoms with Gasteiger partial charge in [0.25, 0.3) is 0 Å². The van der Waals surface area contributed by atoms with Crippen molar-refractivity contribution in [2.24, 2.45) is 0 Å². The molecule has 21 heavy (non-hydrogen) atoms. The summed E-state index contributed by atoms with van der Waals surface area (Å²) in [5.74, 6) is -1.84. The van der Waals surface area contributed by atoms with Crippen LogP contribution in [0, 0.1) is 5.82 Å². The summed E-state index contributed by atoms with van der Waals surface area (Å²) in [5, 5.41) is 9.38. The Hall–Kier alpha value is -1.82. The van der Waals surface area contributed by atoms with Gasteiger partial charge in [-0.2, -0.15) is 0 Å². The molecule has 1 aliphatic rings. The molecule has 0 aromatic heterocycles. The van der Waals surface area contributed by atoms with Crippen molar-refractivity contribution in [1.82, 2.24) is 0 Å². The first-order chi connectivity index (χ1) is 9.60. The van der Waals surface area contributed by atoms with Crippen LogP contribution in [-0.4, -0.2) is 28.8 Å². The number of anilines is 1. The average molecular weight is 316 g/mol. The summed E-state index contributed by atoms with van der Waals surface area (Å²) in [4.78, 5) is 24.5. The van der Waals surface area contributed by atoms with Gasteiger partial charge >= 0.3 is 12.1 Å². The first-order valence-electron chi connectivity index (χ1n) is 6.33. The summed E-state index contributed by atoms with van der Waals surface area (Å²) in [6.07, 6.45) is -0.821. The molecule has 2 rings (SSSR count). The van der Waals surface area contributed by atoms with Crippen LogP contribution in [0.3, 0.4) is 0 Å². The third-order valence-electron chi connectivity index (χ3n) is 2.98. The fourth-order valence-corrected chi connectivity index (χ4v) is 2.47. The third kappa shape index (κ3) is 3.10. The third-order valence-corrected chi connectivity index (χ3v) is 3.32. The molecule has 5 nitrogen and oxygen atoms in total. The van der Waals surface area contributed by atoms with Crippen LogP contribution in [-0.2, 0) is 16.0 Å². The maximum Gasteiger partial charge on any atom is 0.415 e. The van der Waals surface area contributed by atoms with E-state index in [0.717, 1.165) is 17.0 Å². The minimum atomic E-state index is -1.20. The van der Waals surface area contributed by atoms with E-state index in [9.17, 15) is 19.1 Å². The van der Waals surface area contributed by atoms with E-state index in [-0.39, 0.29) is 17.1 Å². The number of carboxylic acid groups (broad SMARTS) is 1. The number of nitrogens with zero attached hydrogens (tertiary/aromatic N) is 1. The summed E-state index contributed by atoms with van der Waals surface area (Å²) in [5.41, 5.74) is -0.224. The lowest BCUT2D eigenvalue weighted by Gasteiger charge is -2.27. The molecule has 0 fully saturated rings. The predicted molar refractivity (Wildman–Crippen MR) is 75.3 cm³/mol. The number of fused-ring (bicyclic) bond motifs is 1. The zero-order valence-corrected chi connectivity index (χ0v) is 12.6. The topological polar surface area (TPSA) is 66.8 Å². The molecule has 7 heteroatoms. The van der Waals surface area contributed by atoms with E-state index in [1.165, 1.54) is 0 Å². The number of ether oxygens (including phenoxy) is 1. The number of aliphatic carboxylic acids is 1. The highest BCUT2D eigenvalue weighted by atomic mass is 35.5. The van der Waals surface area contributed by atoms with E-state index >= 15 is 0 Å². The number of carbonyl (C=O) groups is 2. The highest BCUT2D eigenvalue weighted by molar-refractivity contribution is 6.32. The standard InChI is InChI=1S/C14H15ClFNO4/c1-14(2,3)21-13(20)17-10-5-7(16)4-9(15)8(10)6-11(17)12(18)19/h4-5,11H,6H2,1-3H3,(H,18,19). The lowest BCUT2D eigenvalue weighted by molar-refractivity contribution is -0.138. The van der Waals surface area contributed by atoms with Crippen molar-refractivity contribution >= 4 is 29.4 Å². The van der Waals surface area contributed by atoms with Crippen molar-refractivity contribution in [2.45, 2.75) is 38.8 Å². The molecule has 1 aromatic carbocycles. The Morgan fingerprint density at radius 3 is 2.57 bits per heavy atom. The van der Waals surface area contributed by atoms with Crippen LogP contribution in [0.25, 0.3) is 0 Å². The van der Waals surface area contributed by atoms with Gasteiger partial charge in [0.1, 0.15) is 17.5 Å². The Bertz CT molecular complexity index is 612. The summed E-state index contributed by atoms with van der Waals surface area (Å²) < 4.78 is 18.7. The molecule has 0 saturated carbocycles. The van der Waals surface area contributed by atoms with Gasteiger partial charge in [-0.1, -0.05) is 11.6 Å². The lowest BCUT2D eigenvalue weighted by Crippen LogP contribution is -2.45. The van der Waals surface area contributed by atoms with Crippen LogP contribution in [0.1, 0.15) is 26.3 Å². The first-order valence-corrected chi connectivity index (χ1v) is 6.71. The Morgan fingerprint density at radius 1 is 1.43 bits per heavy atom. The molecule has 1 amide bonds. The molecular formula is C14H15ClFNO4. The van der Waals surface area contributed by atoms with Crippen LogP contribution in [0.15, 0.2) is 12.1 Å². The zero-order chi connectivity index (χ0) is 15.9. The summed E-state index contributed by atoms with van der Waals surface area (Å²) in [6.45, 7) is 4.99. The van der Waals surface area contributed by atoms with Gasteiger partial charge in [0.05, 0.1) is 5.69 Å². The quantitative estimate of drug-likeness (QED) is 0.864. The monoisotopic (exact) mass is 315 g/mol. The molecule has 1 heterocycles. The molecule has 1 unspecified atom stereocenters. The SMILES string of the molecule is CC(C)(C)OC(=O)N1c2cc(F)cc(Cl)c2CC1C(=O)O. The van der Waals surface area contributed by atoms with E-state index < -0.39 is 29.5 Å². The second-order valence-corrected chi connectivity index (χ2v) is 6.20. The number of hydrogen-bond acceptors (Lipinski definition) is 3. The van der Waals surface area contributed by atoms with E-state index in [1.807, 2.05) is 0 Å². The Kier molecular flexibility index (Phi) is 3.84. The van der Waals surface area contributed by atoms with Crippen LogP contribution < -0.4 is 4.90 Å².